The Bertz CT molecular complexity index is 874. The molecule has 0 bridgehead atoms. The molecule has 0 aliphatic carbocycles. The number of urea groups is 1. The van der Waals surface area contributed by atoms with E-state index >= 15 is 0 Å². The molecule has 9 heteroatoms. The third-order valence-corrected chi connectivity index (χ3v) is 5.69. The molecule has 2 atom stereocenters. The second-order valence-electron chi connectivity index (χ2n) is 6.39. The summed E-state index contributed by atoms with van der Waals surface area (Å²) >= 11 is 5.80. The molecule has 0 radical (unpaired) electrons. The van der Waals surface area contributed by atoms with Crippen LogP contribution in [0.25, 0.3) is 0 Å². The van der Waals surface area contributed by atoms with E-state index in [2.05, 4.69) is 15.4 Å². The first-order valence-electron chi connectivity index (χ1n) is 9.09. The van der Waals surface area contributed by atoms with Gasteiger partial charge < -0.3 is 10.1 Å². The highest BCUT2D eigenvalue weighted by Crippen LogP contribution is 2.23. The monoisotopic (exact) mass is 437 g/mol. The lowest BCUT2D eigenvalue weighted by atomic mass is 10.0. The standard InChI is InChI=1S/C14H14ClNO2S.C6H10N2O2/c1-2-16-19(17)14-9-7-13(8-10-14)18-12-5-3-11(15)4-6-12;1-3-6(2)4(9)7-5(10)8-6/h3-10,16H,2H2,1H3;3H2,1-2H3,(H2,7,8,9,10). The topological polar surface area (TPSA) is 96.5 Å². The van der Waals surface area contributed by atoms with Gasteiger partial charge in [-0.1, -0.05) is 25.4 Å². The highest BCUT2D eigenvalue weighted by Gasteiger charge is 2.39. The second-order valence-corrected chi connectivity index (χ2v) is 8.12. The minimum Gasteiger partial charge on any atom is -0.457 e. The summed E-state index contributed by atoms with van der Waals surface area (Å²) in [5, 5.41) is 5.37. The lowest BCUT2D eigenvalue weighted by Crippen LogP contribution is -2.42. The Labute approximate surface area is 177 Å². The van der Waals surface area contributed by atoms with E-state index in [1.807, 2.05) is 13.8 Å². The zero-order valence-corrected chi connectivity index (χ0v) is 18.0. The molecule has 2 aromatic rings. The molecule has 0 aromatic heterocycles. The molecule has 3 amide bonds. The number of carbonyl (C=O) groups is 2. The largest absolute Gasteiger partial charge is 0.457 e. The average Bonchev–Trinajstić information content (AvgIpc) is 2.97. The maximum Gasteiger partial charge on any atom is 0.322 e. The third kappa shape index (κ3) is 6.56. The van der Waals surface area contributed by atoms with Gasteiger partial charge in [0, 0.05) is 11.6 Å². The molecule has 3 rings (SSSR count). The van der Waals surface area contributed by atoms with Gasteiger partial charge in [0.1, 0.15) is 28.0 Å². The zero-order chi connectivity index (χ0) is 21.4. The van der Waals surface area contributed by atoms with Crippen LogP contribution in [0, 0.1) is 0 Å². The first-order chi connectivity index (χ1) is 13.8. The lowest BCUT2D eigenvalue weighted by Gasteiger charge is -2.16. The molecule has 1 aliphatic rings. The maximum atomic E-state index is 11.7. The third-order valence-electron chi connectivity index (χ3n) is 4.19. The Balaban J connectivity index is 0.000000253. The average molecular weight is 438 g/mol. The molecule has 29 heavy (non-hydrogen) atoms. The fourth-order valence-corrected chi connectivity index (χ4v) is 3.25. The van der Waals surface area contributed by atoms with Gasteiger partial charge >= 0.3 is 6.03 Å². The summed E-state index contributed by atoms with van der Waals surface area (Å²) in [5.74, 6) is 1.17. The Morgan fingerprint density at radius 1 is 1.03 bits per heavy atom. The van der Waals surface area contributed by atoms with E-state index in [4.69, 9.17) is 16.3 Å². The summed E-state index contributed by atoms with van der Waals surface area (Å²) in [7, 11) is -1.16. The Morgan fingerprint density at radius 2 is 1.59 bits per heavy atom. The van der Waals surface area contributed by atoms with Crippen LogP contribution in [-0.2, 0) is 15.8 Å². The van der Waals surface area contributed by atoms with Gasteiger partial charge in [0.05, 0.1) is 4.90 Å². The number of hydrogen-bond donors (Lipinski definition) is 3. The number of rotatable bonds is 6. The van der Waals surface area contributed by atoms with Crippen molar-refractivity contribution in [2.24, 2.45) is 0 Å². The van der Waals surface area contributed by atoms with Gasteiger partial charge in [-0.15, -0.1) is 0 Å². The first kappa shape index (κ1) is 22.9. The SMILES string of the molecule is CCC1(C)NC(=O)NC1=O.CCNS(=O)c1ccc(Oc2ccc(Cl)cc2)cc1. The van der Waals surface area contributed by atoms with Crippen molar-refractivity contribution in [1.82, 2.24) is 15.4 Å². The Hall–Kier alpha value is -2.42. The number of benzene rings is 2. The number of imide groups is 1. The van der Waals surface area contributed by atoms with Crippen molar-refractivity contribution in [2.45, 2.75) is 37.6 Å². The summed E-state index contributed by atoms with van der Waals surface area (Å²) < 4.78 is 20.2. The van der Waals surface area contributed by atoms with E-state index in [1.54, 1.807) is 55.5 Å². The molecule has 2 aromatic carbocycles. The minimum atomic E-state index is -1.16. The molecule has 0 spiro atoms. The molecule has 1 saturated heterocycles. The summed E-state index contributed by atoms with van der Waals surface area (Å²) in [6, 6.07) is 13.9. The van der Waals surface area contributed by atoms with Crippen LogP contribution >= 0.6 is 11.6 Å². The van der Waals surface area contributed by atoms with Crippen LogP contribution in [0.5, 0.6) is 11.5 Å². The van der Waals surface area contributed by atoms with Gasteiger partial charge in [-0.2, -0.15) is 0 Å². The van der Waals surface area contributed by atoms with Crippen LogP contribution in [0.1, 0.15) is 27.2 Å². The molecule has 156 valence electrons. The van der Waals surface area contributed by atoms with Crippen LogP contribution in [0.15, 0.2) is 53.4 Å². The first-order valence-corrected chi connectivity index (χ1v) is 10.6. The van der Waals surface area contributed by atoms with E-state index in [-0.39, 0.29) is 5.91 Å². The van der Waals surface area contributed by atoms with Gasteiger partial charge in [0.2, 0.25) is 0 Å². The van der Waals surface area contributed by atoms with E-state index in [0.717, 1.165) is 4.90 Å². The lowest BCUT2D eigenvalue weighted by molar-refractivity contribution is -0.123. The second kappa shape index (κ2) is 10.4. The Kier molecular flexibility index (Phi) is 8.19. The van der Waals surface area contributed by atoms with Crippen molar-refractivity contribution in [3.63, 3.8) is 0 Å². The van der Waals surface area contributed by atoms with Crippen molar-refractivity contribution >= 4 is 34.5 Å². The van der Waals surface area contributed by atoms with E-state index in [1.165, 1.54) is 0 Å². The van der Waals surface area contributed by atoms with Crippen LogP contribution in [0.4, 0.5) is 4.79 Å². The fourth-order valence-electron chi connectivity index (χ4n) is 2.31. The van der Waals surface area contributed by atoms with E-state index in [9.17, 15) is 13.8 Å². The summed E-state index contributed by atoms with van der Waals surface area (Å²) in [5.41, 5.74) is -0.683. The van der Waals surface area contributed by atoms with Crippen molar-refractivity contribution in [1.29, 1.82) is 0 Å². The highest BCUT2D eigenvalue weighted by atomic mass is 35.5. The van der Waals surface area contributed by atoms with E-state index in [0.29, 0.717) is 29.5 Å². The molecule has 0 saturated carbocycles. The minimum absolute atomic E-state index is 0.236. The molecular formula is C20H24ClN3O4S. The van der Waals surface area contributed by atoms with Crippen LogP contribution in [0.2, 0.25) is 5.02 Å². The number of nitrogens with one attached hydrogen (secondary N) is 3. The molecule has 1 aliphatic heterocycles. The number of ether oxygens (including phenoxy) is 1. The number of halogens is 1. The summed E-state index contributed by atoms with van der Waals surface area (Å²) in [4.78, 5) is 22.3. The quantitative estimate of drug-likeness (QED) is 0.599. The van der Waals surface area contributed by atoms with Crippen molar-refractivity contribution in [2.75, 3.05) is 6.54 Å². The van der Waals surface area contributed by atoms with Crippen molar-refractivity contribution in [3.8, 4) is 11.5 Å². The highest BCUT2D eigenvalue weighted by molar-refractivity contribution is 7.83. The predicted octanol–water partition coefficient (Wildman–Crippen LogP) is 3.76. The van der Waals surface area contributed by atoms with E-state index < -0.39 is 22.6 Å². The molecule has 3 N–H and O–H groups in total. The van der Waals surface area contributed by atoms with Gasteiger partial charge in [0.25, 0.3) is 5.91 Å². The summed E-state index contributed by atoms with van der Waals surface area (Å²) in [6.45, 7) is 6.13. The summed E-state index contributed by atoms with van der Waals surface area (Å²) in [6.07, 6.45) is 0.616. The van der Waals surface area contributed by atoms with Crippen LogP contribution in [-0.4, -0.2) is 28.2 Å². The molecule has 2 unspecified atom stereocenters. The van der Waals surface area contributed by atoms with Gasteiger partial charge in [0.15, 0.2) is 0 Å². The predicted molar refractivity (Wildman–Crippen MR) is 113 cm³/mol. The molecule has 1 heterocycles. The molecular weight excluding hydrogens is 414 g/mol. The van der Waals surface area contributed by atoms with Gasteiger partial charge in [-0.05, 0) is 61.9 Å². The number of amides is 3. The van der Waals surface area contributed by atoms with Gasteiger partial charge in [-0.25, -0.2) is 13.7 Å². The van der Waals surface area contributed by atoms with Crippen molar-refractivity contribution < 1.29 is 18.5 Å². The Morgan fingerprint density at radius 3 is 2.00 bits per heavy atom. The maximum absolute atomic E-state index is 11.7. The van der Waals surface area contributed by atoms with Crippen molar-refractivity contribution in [3.05, 3.63) is 53.6 Å². The van der Waals surface area contributed by atoms with Crippen LogP contribution < -0.4 is 20.1 Å². The normalized spacial score (nSPS) is 18.9. The molecule has 7 nitrogen and oxygen atoms in total. The van der Waals surface area contributed by atoms with Gasteiger partial charge in [-0.3, -0.25) is 10.1 Å². The fraction of sp³-hybridized carbons (Fsp3) is 0.300. The molecule has 1 fully saturated rings. The van der Waals surface area contributed by atoms with Crippen LogP contribution in [0.3, 0.4) is 0 Å². The smallest absolute Gasteiger partial charge is 0.322 e. The number of hydrogen-bond acceptors (Lipinski definition) is 4. The zero-order valence-electron chi connectivity index (χ0n) is 16.5. The number of carbonyl (C=O) groups excluding carboxylic acids is 2.